The zero-order valence-electron chi connectivity index (χ0n) is 12.2. The third-order valence-corrected chi connectivity index (χ3v) is 3.91. The van der Waals surface area contributed by atoms with Gasteiger partial charge >= 0.3 is 0 Å². The minimum absolute atomic E-state index is 0.136. The van der Waals surface area contributed by atoms with Gasteiger partial charge in [-0.2, -0.15) is 0 Å². The van der Waals surface area contributed by atoms with E-state index < -0.39 is 0 Å². The summed E-state index contributed by atoms with van der Waals surface area (Å²) < 4.78 is 0. The molecule has 0 radical (unpaired) electrons. The maximum atomic E-state index is 12.5. The van der Waals surface area contributed by atoms with Crippen molar-refractivity contribution in [1.29, 1.82) is 0 Å². The summed E-state index contributed by atoms with van der Waals surface area (Å²) in [6.45, 7) is 5.13. The van der Waals surface area contributed by atoms with Crippen LogP contribution in [0.1, 0.15) is 19.8 Å². The van der Waals surface area contributed by atoms with Gasteiger partial charge in [-0.1, -0.05) is 18.2 Å². The van der Waals surface area contributed by atoms with E-state index in [9.17, 15) is 9.90 Å². The smallest absolute Gasteiger partial charge is 0.241 e. The van der Waals surface area contributed by atoms with Gasteiger partial charge in [-0.3, -0.25) is 9.69 Å². The van der Waals surface area contributed by atoms with Gasteiger partial charge in [0.25, 0.3) is 0 Å². The lowest BCUT2D eigenvalue weighted by Crippen LogP contribution is -2.45. The summed E-state index contributed by atoms with van der Waals surface area (Å²) in [7, 11) is 0. The normalized spacial score (nSPS) is 19.8. The summed E-state index contributed by atoms with van der Waals surface area (Å²) in [5, 5.41) is 9.25. The number of aliphatic hydroxyl groups excluding tert-OH is 1. The molecule has 20 heavy (non-hydrogen) atoms. The second-order valence-electron chi connectivity index (χ2n) is 5.40. The van der Waals surface area contributed by atoms with Gasteiger partial charge in [-0.05, 0) is 44.4 Å². The third-order valence-electron chi connectivity index (χ3n) is 3.91. The van der Waals surface area contributed by atoms with Gasteiger partial charge in [0.2, 0.25) is 5.91 Å². The molecule has 1 aromatic rings. The molecular weight excluding hydrogens is 252 g/mol. The summed E-state index contributed by atoms with van der Waals surface area (Å²) in [6, 6.07) is 9.79. The predicted molar refractivity (Wildman–Crippen MR) is 80.7 cm³/mol. The van der Waals surface area contributed by atoms with Gasteiger partial charge in [0, 0.05) is 25.4 Å². The second-order valence-corrected chi connectivity index (χ2v) is 5.40. The first-order valence-electron chi connectivity index (χ1n) is 7.43. The van der Waals surface area contributed by atoms with Crippen LogP contribution in [-0.4, -0.2) is 48.7 Å². The number of nitrogens with zero attached hydrogens (tertiary/aromatic N) is 2. The van der Waals surface area contributed by atoms with Gasteiger partial charge < -0.3 is 10.0 Å². The van der Waals surface area contributed by atoms with Crippen molar-refractivity contribution in [1.82, 2.24) is 4.90 Å². The molecule has 4 heteroatoms. The average molecular weight is 276 g/mol. The largest absolute Gasteiger partial charge is 0.396 e. The molecule has 1 saturated heterocycles. The molecular formula is C16H24N2O2. The lowest BCUT2D eigenvalue weighted by molar-refractivity contribution is -0.120. The number of para-hydroxylation sites is 1. The van der Waals surface area contributed by atoms with Crippen LogP contribution in [0.4, 0.5) is 5.69 Å². The predicted octanol–water partition coefficient (Wildman–Crippen LogP) is 1.74. The summed E-state index contributed by atoms with van der Waals surface area (Å²) in [4.78, 5) is 16.4. The lowest BCUT2D eigenvalue weighted by Gasteiger charge is -2.32. The van der Waals surface area contributed by atoms with Crippen LogP contribution in [0.3, 0.4) is 0 Å². The fraction of sp³-hybridized carbons (Fsp3) is 0.562. The Labute approximate surface area is 121 Å². The van der Waals surface area contributed by atoms with E-state index in [-0.39, 0.29) is 12.5 Å². The number of likely N-dealkylation sites (N-methyl/N-ethyl adjacent to an activating group) is 1. The molecule has 1 heterocycles. The molecule has 1 fully saturated rings. The Morgan fingerprint density at radius 3 is 2.80 bits per heavy atom. The zero-order valence-corrected chi connectivity index (χ0v) is 12.2. The molecule has 2 rings (SSSR count). The molecule has 1 atom stereocenters. The number of hydrogen-bond donors (Lipinski definition) is 1. The first-order valence-corrected chi connectivity index (χ1v) is 7.43. The maximum absolute atomic E-state index is 12.5. The van der Waals surface area contributed by atoms with Crippen LogP contribution in [0, 0.1) is 5.92 Å². The number of benzene rings is 1. The molecule has 1 amide bonds. The van der Waals surface area contributed by atoms with Crippen LogP contribution in [-0.2, 0) is 4.79 Å². The first kappa shape index (κ1) is 15.0. The maximum Gasteiger partial charge on any atom is 0.241 e. The van der Waals surface area contributed by atoms with Gasteiger partial charge in [-0.25, -0.2) is 0 Å². The zero-order chi connectivity index (χ0) is 14.4. The van der Waals surface area contributed by atoms with Crippen molar-refractivity contribution in [3.05, 3.63) is 30.3 Å². The Morgan fingerprint density at radius 2 is 2.15 bits per heavy atom. The summed E-state index contributed by atoms with van der Waals surface area (Å²) >= 11 is 0. The van der Waals surface area contributed by atoms with Crippen molar-refractivity contribution in [3.8, 4) is 0 Å². The summed E-state index contributed by atoms with van der Waals surface area (Å²) in [5.74, 6) is 0.459. The summed E-state index contributed by atoms with van der Waals surface area (Å²) in [5.41, 5.74) is 0.954. The van der Waals surface area contributed by atoms with Crippen LogP contribution in [0.5, 0.6) is 0 Å². The van der Waals surface area contributed by atoms with E-state index in [1.165, 1.54) is 0 Å². The fourth-order valence-electron chi connectivity index (χ4n) is 2.83. The van der Waals surface area contributed by atoms with Crippen LogP contribution in [0.2, 0.25) is 0 Å². The molecule has 0 aromatic heterocycles. The van der Waals surface area contributed by atoms with E-state index >= 15 is 0 Å². The van der Waals surface area contributed by atoms with E-state index in [0.29, 0.717) is 19.0 Å². The molecule has 1 aliphatic heterocycles. The Kier molecular flexibility index (Phi) is 5.56. The average Bonchev–Trinajstić information content (AvgIpc) is 2.49. The van der Waals surface area contributed by atoms with Gasteiger partial charge in [0.15, 0.2) is 0 Å². The van der Waals surface area contributed by atoms with Gasteiger partial charge in [0.05, 0.1) is 6.54 Å². The number of piperidine rings is 1. The van der Waals surface area contributed by atoms with Crippen LogP contribution in [0.15, 0.2) is 30.3 Å². The highest BCUT2D eigenvalue weighted by atomic mass is 16.3. The number of hydrogen-bond acceptors (Lipinski definition) is 3. The Morgan fingerprint density at radius 1 is 1.40 bits per heavy atom. The van der Waals surface area contributed by atoms with Crippen molar-refractivity contribution in [2.24, 2.45) is 5.92 Å². The Hall–Kier alpha value is -1.39. The minimum atomic E-state index is 0.136. The highest BCUT2D eigenvalue weighted by molar-refractivity contribution is 5.94. The van der Waals surface area contributed by atoms with Crippen molar-refractivity contribution in [2.75, 3.05) is 37.7 Å². The second kappa shape index (κ2) is 7.41. The van der Waals surface area contributed by atoms with Gasteiger partial charge in [0.1, 0.15) is 0 Å². The Bertz CT molecular complexity index is 422. The molecule has 4 nitrogen and oxygen atoms in total. The minimum Gasteiger partial charge on any atom is -0.396 e. The number of carbonyl (C=O) groups excluding carboxylic acids is 1. The number of likely N-dealkylation sites (tertiary alicyclic amines) is 1. The SMILES string of the molecule is CCN(C(=O)CN1CCCC(CO)C1)c1ccccc1. The Balaban J connectivity index is 1.96. The molecule has 110 valence electrons. The van der Waals surface area contributed by atoms with Crippen LogP contribution in [0.25, 0.3) is 0 Å². The molecule has 1 N–H and O–H groups in total. The number of anilines is 1. The molecule has 0 saturated carbocycles. The monoisotopic (exact) mass is 276 g/mol. The molecule has 0 bridgehead atoms. The first-order chi connectivity index (χ1) is 9.74. The van der Waals surface area contributed by atoms with E-state index in [0.717, 1.165) is 31.6 Å². The lowest BCUT2D eigenvalue weighted by atomic mass is 9.99. The van der Waals surface area contributed by atoms with Crippen molar-refractivity contribution >= 4 is 11.6 Å². The fourth-order valence-corrected chi connectivity index (χ4v) is 2.83. The van der Waals surface area contributed by atoms with Crippen LogP contribution >= 0.6 is 0 Å². The van der Waals surface area contributed by atoms with E-state index in [1.54, 1.807) is 0 Å². The number of rotatable bonds is 5. The molecule has 0 spiro atoms. The number of amides is 1. The van der Waals surface area contributed by atoms with Gasteiger partial charge in [-0.15, -0.1) is 0 Å². The molecule has 1 aromatic carbocycles. The van der Waals surface area contributed by atoms with Crippen LogP contribution < -0.4 is 4.90 Å². The number of carbonyl (C=O) groups is 1. The molecule has 1 unspecified atom stereocenters. The third kappa shape index (κ3) is 3.81. The quantitative estimate of drug-likeness (QED) is 0.891. The van der Waals surface area contributed by atoms with Crippen molar-refractivity contribution in [2.45, 2.75) is 19.8 Å². The molecule has 1 aliphatic rings. The number of aliphatic hydroxyl groups is 1. The summed E-state index contributed by atoms with van der Waals surface area (Å²) in [6.07, 6.45) is 2.13. The van der Waals surface area contributed by atoms with E-state index in [1.807, 2.05) is 42.2 Å². The molecule has 0 aliphatic carbocycles. The highest BCUT2D eigenvalue weighted by Crippen LogP contribution is 2.17. The van der Waals surface area contributed by atoms with Crippen molar-refractivity contribution < 1.29 is 9.90 Å². The standard InChI is InChI=1S/C16H24N2O2/c1-2-18(15-8-4-3-5-9-15)16(20)12-17-10-6-7-14(11-17)13-19/h3-5,8-9,14,19H,2,6-7,10-13H2,1H3. The van der Waals surface area contributed by atoms with E-state index in [4.69, 9.17) is 0 Å². The highest BCUT2D eigenvalue weighted by Gasteiger charge is 2.23. The topological polar surface area (TPSA) is 43.8 Å². The van der Waals surface area contributed by atoms with E-state index in [2.05, 4.69) is 4.90 Å². The van der Waals surface area contributed by atoms with Crippen molar-refractivity contribution in [3.63, 3.8) is 0 Å².